The summed E-state index contributed by atoms with van der Waals surface area (Å²) < 4.78 is 35.9. The van der Waals surface area contributed by atoms with E-state index in [4.69, 9.17) is 51.4 Å². The highest BCUT2D eigenvalue weighted by atomic mass is 16.6. The van der Waals surface area contributed by atoms with Crippen molar-refractivity contribution in [2.24, 2.45) is 34.8 Å². The highest BCUT2D eigenvalue weighted by Gasteiger charge is 2.52. The van der Waals surface area contributed by atoms with E-state index >= 15 is 0 Å². The Morgan fingerprint density at radius 2 is 0.947 bits per heavy atom. The summed E-state index contributed by atoms with van der Waals surface area (Å²) in [4.78, 5) is 67.2. The molecule has 6 heterocycles. The third-order valence-corrected chi connectivity index (χ3v) is 13.6. The minimum atomic E-state index is -0.355. The number of ketones is 2. The maximum atomic E-state index is 12.1. The summed E-state index contributed by atoms with van der Waals surface area (Å²) in [5.41, 5.74) is 23.4. The molecule has 0 saturated carbocycles. The number of amides is 4. The zero-order chi connectivity index (χ0) is 56.9. The molecule has 10 N–H and O–H groups in total. The zero-order valence-electron chi connectivity index (χ0n) is 47.6. The predicted octanol–water partition coefficient (Wildman–Crippen LogP) is 5.74. The Morgan fingerprint density at radius 3 is 1.28 bits per heavy atom. The molecule has 6 saturated heterocycles. The van der Waals surface area contributed by atoms with E-state index in [0.29, 0.717) is 18.6 Å². The Hall–Kier alpha value is -4.66. The second kappa shape index (κ2) is 31.7. The van der Waals surface area contributed by atoms with Crippen molar-refractivity contribution in [3.05, 3.63) is 71.9 Å². The minimum absolute atomic E-state index is 0.0183. The Bertz CT molecular complexity index is 2100. The van der Waals surface area contributed by atoms with E-state index in [-0.39, 0.29) is 132 Å². The van der Waals surface area contributed by atoms with E-state index in [1.54, 1.807) is 6.08 Å². The van der Waals surface area contributed by atoms with Crippen molar-refractivity contribution in [3.63, 3.8) is 0 Å². The molecule has 76 heavy (non-hydrogen) atoms. The summed E-state index contributed by atoms with van der Waals surface area (Å²) in [7, 11) is 0. The van der Waals surface area contributed by atoms with Gasteiger partial charge < -0.3 is 66.8 Å². The summed E-state index contributed by atoms with van der Waals surface area (Å²) in [6, 6.07) is 0.0758. The Morgan fingerprint density at radius 1 is 0.579 bits per heavy atom. The maximum Gasteiger partial charge on any atom is 0.244 e. The standard InChI is InChI=1S/C26H41N3O5.C26H38N2O6.C3H9N.C3H6O/c1-16(5-8-20-13-26(15-32-26)14-21(34-20)12-24(28)30)6-9-23-17(2)11-22(19(4)33-23)29-25(31)10-7-18(3)27;1-16(5-8-20-13-26(15-32-26)14-21(34-20)12-24(27)30)6-9-23-17(2)11-22(19(4)33-23)28-25(31)10-7-18(3)29;2*1-3(2)4/h5-8,10,17-23H,9,11-15,27H2,1-4H3,(H2,28,30)(H,29,31);5-8,10,17,19-23H,9,11-15H2,1-4H3,(H2,27,30)(H,28,31);3H,4H2,1-2H3;1-2H3/b8-5+,10-7+,16-6+;8-5+,10-7-,16-6+;;/t17-,18?,19+,20+,21+,22+,23-,26+;17-,19+,20+,21+,22+,23-,26+;;/m00../s1. The van der Waals surface area contributed by atoms with Crippen LogP contribution in [0.2, 0.25) is 0 Å². The number of Topliss-reactive ketones (excluding diaryl/α,β-unsaturated/α-hetero) is 1. The van der Waals surface area contributed by atoms with Crippen molar-refractivity contribution in [1.82, 2.24) is 10.6 Å². The van der Waals surface area contributed by atoms with Crippen LogP contribution in [0.25, 0.3) is 0 Å². The van der Waals surface area contributed by atoms with Gasteiger partial charge in [-0.25, -0.2) is 0 Å². The first-order valence-electron chi connectivity index (χ1n) is 27.2. The Balaban J connectivity index is 0.000000351. The smallest absolute Gasteiger partial charge is 0.244 e. The van der Waals surface area contributed by atoms with Crippen molar-refractivity contribution in [3.8, 4) is 0 Å². The van der Waals surface area contributed by atoms with E-state index in [1.165, 1.54) is 39.0 Å². The van der Waals surface area contributed by atoms with Crippen LogP contribution in [-0.4, -0.2) is 133 Å². The molecular formula is C58H94N6O12. The van der Waals surface area contributed by atoms with Gasteiger partial charge in [0.05, 0.1) is 98.2 Å². The molecule has 0 aliphatic carbocycles. The summed E-state index contributed by atoms with van der Waals surface area (Å²) in [5, 5.41) is 5.98. The van der Waals surface area contributed by atoms with Crippen LogP contribution in [0.5, 0.6) is 0 Å². The fraction of sp³-hybridized carbons (Fsp3) is 0.690. The van der Waals surface area contributed by atoms with Crippen molar-refractivity contribution < 1.29 is 57.2 Å². The van der Waals surface area contributed by atoms with Gasteiger partial charge in [-0.1, -0.05) is 81.4 Å². The third-order valence-electron chi connectivity index (χ3n) is 13.6. The van der Waals surface area contributed by atoms with Crippen molar-refractivity contribution in [2.75, 3.05) is 13.2 Å². The van der Waals surface area contributed by atoms with Crippen LogP contribution >= 0.6 is 0 Å². The first-order valence-corrected chi connectivity index (χ1v) is 27.2. The third kappa shape index (κ3) is 26.1. The quantitative estimate of drug-likeness (QED) is 0.0543. The second-order valence-electron chi connectivity index (χ2n) is 22.5. The number of nitrogens with two attached hydrogens (primary N) is 4. The number of rotatable bonds is 18. The molecule has 2 spiro atoms. The summed E-state index contributed by atoms with van der Waals surface area (Å²) in [5.74, 6) is -0.514. The number of allylic oxidation sites excluding steroid dienone is 5. The van der Waals surface area contributed by atoms with Crippen LogP contribution in [0, 0.1) is 11.8 Å². The van der Waals surface area contributed by atoms with E-state index in [9.17, 15) is 28.8 Å². The molecule has 0 aromatic heterocycles. The molecule has 6 aliphatic rings. The molecular weight excluding hydrogens is 973 g/mol. The summed E-state index contributed by atoms with van der Waals surface area (Å²) in [6.45, 7) is 24.0. The number of carbonyl (C=O) groups is 6. The molecule has 18 heteroatoms. The fourth-order valence-electron chi connectivity index (χ4n) is 9.59. The topological polar surface area (TPSA) is 293 Å². The molecule has 6 fully saturated rings. The van der Waals surface area contributed by atoms with Gasteiger partial charge >= 0.3 is 0 Å². The van der Waals surface area contributed by atoms with Crippen molar-refractivity contribution >= 4 is 35.2 Å². The zero-order valence-corrected chi connectivity index (χ0v) is 47.6. The molecule has 4 amide bonds. The number of ether oxygens (including phenoxy) is 6. The fourth-order valence-corrected chi connectivity index (χ4v) is 9.59. The molecule has 15 atom stereocenters. The predicted molar refractivity (Wildman–Crippen MR) is 294 cm³/mol. The summed E-state index contributed by atoms with van der Waals surface area (Å²) in [6.07, 6.45) is 24.4. The number of hydrogen-bond donors (Lipinski definition) is 6. The molecule has 1 unspecified atom stereocenters. The highest BCUT2D eigenvalue weighted by molar-refractivity contribution is 5.96. The number of hydrogen-bond acceptors (Lipinski definition) is 14. The normalized spacial score (nSPS) is 33.7. The molecule has 0 radical (unpaired) electrons. The number of primary amides is 2. The van der Waals surface area contributed by atoms with E-state index in [1.807, 2.05) is 47.6 Å². The second-order valence-corrected chi connectivity index (χ2v) is 22.5. The molecule has 0 aromatic rings. The lowest BCUT2D eigenvalue weighted by Gasteiger charge is -2.39. The van der Waals surface area contributed by atoms with Gasteiger partial charge in [0, 0.05) is 43.9 Å². The molecule has 0 aromatic carbocycles. The number of carbonyl (C=O) groups excluding carboxylic acids is 6. The van der Waals surface area contributed by atoms with Gasteiger partial charge in [-0.15, -0.1) is 0 Å². The largest absolute Gasteiger partial charge is 0.373 e. The van der Waals surface area contributed by atoms with Gasteiger partial charge in [0.1, 0.15) is 5.78 Å². The van der Waals surface area contributed by atoms with Crippen molar-refractivity contribution in [1.29, 1.82) is 0 Å². The Kier molecular flexibility index (Phi) is 27.3. The average Bonchev–Trinajstić information content (AvgIpc) is 4.24. The van der Waals surface area contributed by atoms with E-state index in [2.05, 4.69) is 61.8 Å². The number of nitrogens with one attached hydrogen (secondary N) is 2. The first kappa shape index (κ1) is 65.6. The van der Waals surface area contributed by atoms with Crippen LogP contribution in [0.3, 0.4) is 0 Å². The molecule has 428 valence electrons. The lowest BCUT2D eigenvalue weighted by Crippen LogP contribution is -2.50. The first-order chi connectivity index (χ1) is 35.6. The highest BCUT2D eigenvalue weighted by Crippen LogP contribution is 2.44. The van der Waals surface area contributed by atoms with Gasteiger partial charge in [-0.3, -0.25) is 24.0 Å². The maximum absolute atomic E-state index is 12.1. The van der Waals surface area contributed by atoms with Gasteiger partial charge in [-0.2, -0.15) is 0 Å². The SMILES string of the molecule is CC(/C=C/[C@@H]1C[C@]2(CO2)C[C@@H](CC(N)=O)O1)=C\C[C@@H]1O[C@H](C)[C@H](NC(=O)/C=C/C(C)N)C[C@@H]1C.CC(=O)/C=C\C(=O)N[C@@H]1C[C@H](C)[C@H](C/C=C(C)/C=C/[C@@H]2C[C@]3(CO3)C[C@@H](CC(N)=O)O2)O[C@@H]1C.CC(C)=O.CC(C)N. The molecule has 6 rings (SSSR count). The van der Waals surface area contributed by atoms with Crippen LogP contribution in [0.1, 0.15) is 147 Å². The monoisotopic (exact) mass is 1070 g/mol. The van der Waals surface area contributed by atoms with Crippen LogP contribution in [0.15, 0.2) is 71.9 Å². The minimum Gasteiger partial charge on any atom is -0.373 e. The molecule has 18 nitrogen and oxygen atoms in total. The van der Waals surface area contributed by atoms with Crippen LogP contribution in [0.4, 0.5) is 0 Å². The molecule has 6 aliphatic heterocycles. The van der Waals surface area contributed by atoms with Gasteiger partial charge in [0.2, 0.25) is 23.6 Å². The average molecular weight is 1070 g/mol. The van der Waals surface area contributed by atoms with Crippen LogP contribution in [-0.2, 0) is 57.2 Å². The lowest BCUT2D eigenvalue weighted by molar-refractivity contribution is -0.125. The number of epoxide rings is 2. The molecule has 0 bridgehead atoms. The van der Waals surface area contributed by atoms with Gasteiger partial charge in [0.15, 0.2) is 5.78 Å². The van der Waals surface area contributed by atoms with E-state index in [0.717, 1.165) is 69.1 Å². The Labute approximate surface area is 452 Å². The van der Waals surface area contributed by atoms with E-state index < -0.39 is 0 Å². The summed E-state index contributed by atoms with van der Waals surface area (Å²) >= 11 is 0. The lowest BCUT2D eigenvalue weighted by atomic mass is 9.88. The van der Waals surface area contributed by atoms with Gasteiger partial charge in [-0.05, 0) is 105 Å². The van der Waals surface area contributed by atoms with Crippen LogP contribution < -0.4 is 33.6 Å². The van der Waals surface area contributed by atoms with Crippen molar-refractivity contribution in [2.45, 2.75) is 231 Å². The van der Waals surface area contributed by atoms with Gasteiger partial charge in [0.25, 0.3) is 0 Å².